The molecule has 0 radical (unpaired) electrons. The van der Waals surface area contributed by atoms with Gasteiger partial charge in [0.1, 0.15) is 5.69 Å². The largest absolute Gasteiger partial charge is 0.383 e. The highest BCUT2D eigenvalue weighted by atomic mass is 32.2. The first-order valence-corrected chi connectivity index (χ1v) is 10.6. The summed E-state index contributed by atoms with van der Waals surface area (Å²) in [7, 11) is -2.18. The molecule has 1 N–H and O–H groups in total. The van der Waals surface area contributed by atoms with Crippen LogP contribution in [-0.4, -0.2) is 90.4 Å². The van der Waals surface area contributed by atoms with Crippen LogP contribution in [0.4, 0.5) is 0 Å². The zero-order valence-electron chi connectivity index (χ0n) is 15.5. The maximum Gasteiger partial charge on any atom is 0.272 e. The fourth-order valence-electron chi connectivity index (χ4n) is 3.50. The standard InChI is InChI=1S/C16H25N5O5S/c1-3-20-5-4-13(18-20)15(22)17-12-10-14-16(23)21(6-8-26-2)27(24,25)9-7-19(14)11-12/h4-5,12,14H,3,6-11H2,1-2H3,(H,17,22)/t12-,14-/m0/s1. The highest BCUT2D eigenvalue weighted by molar-refractivity contribution is 7.89. The van der Waals surface area contributed by atoms with E-state index in [0.717, 1.165) is 4.31 Å². The van der Waals surface area contributed by atoms with Crippen LogP contribution in [0.5, 0.6) is 0 Å². The molecule has 2 atom stereocenters. The summed E-state index contributed by atoms with van der Waals surface area (Å²) in [4.78, 5) is 27.0. The van der Waals surface area contributed by atoms with E-state index in [-0.39, 0.29) is 37.4 Å². The molecule has 3 rings (SSSR count). The van der Waals surface area contributed by atoms with Crippen LogP contribution in [0.2, 0.25) is 0 Å². The summed E-state index contributed by atoms with van der Waals surface area (Å²) in [5.74, 6) is -0.863. The normalized spacial score (nSPS) is 25.3. The molecule has 2 aliphatic heterocycles. The van der Waals surface area contributed by atoms with Crippen molar-refractivity contribution in [1.29, 1.82) is 0 Å². The molecule has 10 nitrogen and oxygen atoms in total. The summed E-state index contributed by atoms with van der Waals surface area (Å²) in [6.45, 7) is 3.46. The number of ether oxygens (including phenoxy) is 1. The van der Waals surface area contributed by atoms with E-state index >= 15 is 0 Å². The average Bonchev–Trinajstić information content (AvgIpc) is 3.25. The molecule has 0 bridgehead atoms. The highest BCUT2D eigenvalue weighted by Crippen LogP contribution is 2.24. The molecular formula is C16H25N5O5S. The molecule has 0 aliphatic carbocycles. The summed E-state index contributed by atoms with van der Waals surface area (Å²) >= 11 is 0. The summed E-state index contributed by atoms with van der Waals surface area (Å²) in [5.41, 5.74) is 0.328. The van der Waals surface area contributed by atoms with Gasteiger partial charge in [-0.2, -0.15) is 5.10 Å². The van der Waals surface area contributed by atoms with Crippen molar-refractivity contribution in [2.75, 3.05) is 39.1 Å². The molecule has 1 aromatic heterocycles. The van der Waals surface area contributed by atoms with Crippen molar-refractivity contribution in [2.45, 2.75) is 32.0 Å². The Morgan fingerprint density at radius 2 is 2.22 bits per heavy atom. The van der Waals surface area contributed by atoms with E-state index in [4.69, 9.17) is 4.74 Å². The number of aryl methyl sites for hydroxylation is 1. The number of nitrogens with zero attached hydrogens (tertiary/aromatic N) is 4. The average molecular weight is 399 g/mol. The van der Waals surface area contributed by atoms with E-state index in [1.807, 2.05) is 11.8 Å². The Hall–Kier alpha value is -1.98. The Kier molecular flexibility index (Phi) is 5.82. The van der Waals surface area contributed by atoms with Crippen molar-refractivity contribution in [3.8, 4) is 0 Å². The maximum absolute atomic E-state index is 12.8. The van der Waals surface area contributed by atoms with Gasteiger partial charge in [0.15, 0.2) is 0 Å². The molecule has 0 unspecified atom stereocenters. The van der Waals surface area contributed by atoms with Gasteiger partial charge in [-0.25, -0.2) is 12.7 Å². The summed E-state index contributed by atoms with van der Waals surface area (Å²) in [6.07, 6.45) is 2.11. The molecule has 2 fully saturated rings. The third kappa shape index (κ3) is 4.14. The van der Waals surface area contributed by atoms with Gasteiger partial charge in [0.2, 0.25) is 10.0 Å². The van der Waals surface area contributed by atoms with Crippen LogP contribution >= 0.6 is 0 Å². The number of fused-ring (bicyclic) bond motifs is 1. The number of carbonyl (C=O) groups is 2. The quantitative estimate of drug-likeness (QED) is 0.645. The first-order valence-electron chi connectivity index (χ1n) is 8.97. The van der Waals surface area contributed by atoms with Crippen LogP contribution in [0.1, 0.15) is 23.8 Å². The van der Waals surface area contributed by atoms with Crippen molar-refractivity contribution in [3.05, 3.63) is 18.0 Å². The lowest BCUT2D eigenvalue weighted by Gasteiger charge is -2.23. The maximum atomic E-state index is 12.8. The molecule has 3 heterocycles. The van der Waals surface area contributed by atoms with Gasteiger partial charge in [0.05, 0.1) is 24.9 Å². The second kappa shape index (κ2) is 7.95. The van der Waals surface area contributed by atoms with Crippen molar-refractivity contribution in [3.63, 3.8) is 0 Å². The molecule has 1 aromatic rings. The van der Waals surface area contributed by atoms with Gasteiger partial charge >= 0.3 is 0 Å². The molecular weight excluding hydrogens is 374 g/mol. The SMILES string of the molecule is CCn1ccc(C(=O)N[C@H]2C[C@H]3C(=O)N(CCOC)S(=O)(=O)CCN3C2)n1. The van der Waals surface area contributed by atoms with Crippen LogP contribution in [0.3, 0.4) is 0 Å². The molecule has 0 saturated carbocycles. The fourth-order valence-corrected chi connectivity index (χ4v) is 4.93. The van der Waals surface area contributed by atoms with E-state index in [2.05, 4.69) is 10.4 Å². The number of amides is 2. The van der Waals surface area contributed by atoms with Crippen LogP contribution in [0.25, 0.3) is 0 Å². The van der Waals surface area contributed by atoms with Crippen LogP contribution in [0, 0.1) is 0 Å². The van der Waals surface area contributed by atoms with Gasteiger partial charge in [-0.1, -0.05) is 0 Å². The highest BCUT2D eigenvalue weighted by Gasteiger charge is 2.45. The number of carbonyl (C=O) groups excluding carboxylic acids is 2. The lowest BCUT2D eigenvalue weighted by atomic mass is 10.1. The molecule has 150 valence electrons. The predicted octanol–water partition coefficient (Wildman–Crippen LogP) is -1.11. The minimum atomic E-state index is -3.65. The summed E-state index contributed by atoms with van der Waals surface area (Å²) < 4.78 is 32.3. The second-order valence-electron chi connectivity index (χ2n) is 6.69. The third-order valence-corrected chi connectivity index (χ3v) is 6.67. The first kappa shape index (κ1) is 19.8. The minimum Gasteiger partial charge on any atom is -0.383 e. The lowest BCUT2D eigenvalue weighted by molar-refractivity contribution is -0.131. The molecule has 2 amide bonds. The Morgan fingerprint density at radius 1 is 1.44 bits per heavy atom. The minimum absolute atomic E-state index is 0.00743. The monoisotopic (exact) mass is 399 g/mol. The Labute approximate surface area is 158 Å². The number of sulfonamides is 1. The van der Waals surface area contributed by atoms with Crippen molar-refractivity contribution in [1.82, 2.24) is 24.3 Å². The molecule has 0 spiro atoms. The summed E-state index contributed by atoms with van der Waals surface area (Å²) in [6, 6.07) is 0.858. The molecule has 2 saturated heterocycles. The second-order valence-corrected chi connectivity index (χ2v) is 8.71. The Bertz CT molecular complexity index is 808. The number of hydrogen-bond acceptors (Lipinski definition) is 7. The molecule has 2 aliphatic rings. The van der Waals surface area contributed by atoms with E-state index < -0.39 is 22.0 Å². The number of aromatic nitrogens is 2. The van der Waals surface area contributed by atoms with Gasteiger partial charge in [0.25, 0.3) is 11.8 Å². The summed E-state index contributed by atoms with van der Waals surface area (Å²) in [5, 5.41) is 7.09. The molecule has 27 heavy (non-hydrogen) atoms. The number of rotatable bonds is 6. The van der Waals surface area contributed by atoms with Crippen molar-refractivity contribution >= 4 is 21.8 Å². The zero-order chi connectivity index (χ0) is 19.6. The van der Waals surface area contributed by atoms with Crippen LogP contribution in [-0.2, 0) is 26.1 Å². The lowest BCUT2D eigenvalue weighted by Crippen LogP contribution is -2.45. The predicted molar refractivity (Wildman–Crippen MR) is 96.5 cm³/mol. The van der Waals surface area contributed by atoms with Gasteiger partial charge in [-0.3, -0.25) is 19.2 Å². The number of hydrogen-bond donors (Lipinski definition) is 1. The molecule has 11 heteroatoms. The van der Waals surface area contributed by atoms with E-state index in [1.165, 1.54) is 7.11 Å². The number of nitrogens with one attached hydrogen (secondary N) is 1. The fraction of sp³-hybridized carbons (Fsp3) is 0.688. The van der Waals surface area contributed by atoms with Gasteiger partial charge < -0.3 is 10.1 Å². The van der Waals surface area contributed by atoms with Crippen LogP contribution in [0.15, 0.2) is 12.3 Å². The van der Waals surface area contributed by atoms with E-state index in [1.54, 1.807) is 16.9 Å². The van der Waals surface area contributed by atoms with E-state index in [9.17, 15) is 18.0 Å². The topological polar surface area (TPSA) is 114 Å². The van der Waals surface area contributed by atoms with Crippen LogP contribution < -0.4 is 5.32 Å². The molecule has 0 aromatic carbocycles. The zero-order valence-corrected chi connectivity index (χ0v) is 16.3. The number of methoxy groups -OCH3 is 1. The van der Waals surface area contributed by atoms with Gasteiger partial charge in [0, 0.05) is 39.0 Å². The third-order valence-electron chi connectivity index (χ3n) is 4.94. The first-order chi connectivity index (χ1) is 12.9. The Balaban J connectivity index is 1.68. The van der Waals surface area contributed by atoms with Crippen molar-refractivity contribution in [2.24, 2.45) is 0 Å². The smallest absolute Gasteiger partial charge is 0.272 e. The Morgan fingerprint density at radius 3 is 2.89 bits per heavy atom. The van der Waals surface area contributed by atoms with Gasteiger partial charge in [-0.15, -0.1) is 0 Å². The van der Waals surface area contributed by atoms with Crippen molar-refractivity contribution < 1.29 is 22.7 Å². The van der Waals surface area contributed by atoms with Gasteiger partial charge in [-0.05, 0) is 19.4 Å². The van der Waals surface area contributed by atoms with E-state index in [0.29, 0.717) is 25.2 Å².